The Morgan fingerprint density at radius 3 is 1.43 bits per heavy atom. The van der Waals surface area contributed by atoms with Crippen LogP contribution in [0.2, 0.25) is 0 Å². The molecule has 166 valence electrons. The lowest BCUT2D eigenvalue weighted by Crippen LogP contribution is -2.18. The van der Waals surface area contributed by atoms with E-state index in [2.05, 4.69) is 13.8 Å². The molecule has 0 bridgehead atoms. The van der Waals surface area contributed by atoms with Crippen LogP contribution in [0.15, 0.2) is 0 Å². The van der Waals surface area contributed by atoms with Crippen LogP contribution in [-0.2, 0) is 4.79 Å². The average Bonchev–Trinajstić information content (AvgIpc) is 2.69. The zero-order valence-electron chi connectivity index (χ0n) is 19.8. The van der Waals surface area contributed by atoms with Crippen molar-refractivity contribution < 1.29 is 4.79 Å². The van der Waals surface area contributed by atoms with Crippen LogP contribution in [0.1, 0.15) is 143 Å². The molecule has 2 unspecified atom stereocenters. The summed E-state index contributed by atoms with van der Waals surface area (Å²) in [5.41, 5.74) is 0.784. The minimum atomic E-state index is 0.119. The van der Waals surface area contributed by atoms with Crippen LogP contribution in [0, 0.1) is 17.2 Å². The number of nitrogens with one attached hydrogen (secondary N) is 1. The summed E-state index contributed by atoms with van der Waals surface area (Å²) >= 11 is 0. The molecule has 0 aromatic carbocycles. The van der Waals surface area contributed by atoms with Gasteiger partial charge in [0.15, 0.2) is 0 Å². The normalized spacial score (nSPS) is 13.4. The fraction of sp³-hybridized carbons (Fsp3) is 0.923. The van der Waals surface area contributed by atoms with Gasteiger partial charge in [-0.1, -0.05) is 118 Å². The second kappa shape index (κ2) is 19.6. The quantitative estimate of drug-likeness (QED) is 0.153. The molecule has 0 spiro atoms. The maximum Gasteiger partial charge on any atom is 0.135 e. The van der Waals surface area contributed by atoms with Crippen molar-refractivity contribution in [2.45, 2.75) is 143 Å². The van der Waals surface area contributed by atoms with Crippen molar-refractivity contribution in [3.05, 3.63) is 0 Å². The second-order valence-corrected chi connectivity index (χ2v) is 9.08. The van der Waals surface area contributed by atoms with Gasteiger partial charge in [0.1, 0.15) is 5.78 Å². The highest BCUT2D eigenvalue weighted by Crippen LogP contribution is 2.18. The van der Waals surface area contributed by atoms with E-state index < -0.39 is 0 Å². The van der Waals surface area contributed by atoms with Crippen molar-refractivity contribution >= 4 is 11.5 Å². The number of unbranched alkanes of at least 4 members (excludes halogenated alkanes) is 14. The molecule has 2 nitrogen and oxygen atoms in total. The molecule has 2 heteroatoms. The van der Waals surface area contributed by atoms with Gasteiger partial charge in [0.25, 0.3) is 0 Å². The van der Waals surface area contributed by atoms with Crippen LogP contribution < -0.4 is 0 Å². The third-order valence-corrected chi connectivity index (χ3v) is 6.26. The summed E-state index contributed by atoms with van der Waals surface area (Å²) in [6.07, 6.45) is 22.8. The summed E-state index contributed by atoms with van der Waals surface area (Å²) in [5.74, 6) is 0.781. The third-order valence-electron chi connectivity index (χ3n) is 6.26. The molecule has 0 saturated heterocycles. The van der Waals surface area contributed by atoms with E-state index in [-0.39, 0.29) is 11.8 Å². The predicted molar refractivity (Wildman–Crippen MR) is 126 cm³/mol. The Morgan fingerprint density at radius 1 is 0.643 bits per heavy atom. The molecule has 0 aliphatic rings. The van der Waals surface area contributed by atoms with E-state index in [1.54, 1.807) is 0 Å². The van der Waals surface area contributed by atoms with Gasteiger partial charge in [-0.2, -0.15) is 0 Å². The van der Waals surface area contributed by atoms with E-state index in [1.165, 1.54) is 89.9 Å². The minimum Gasteiger partial charge on any atom is -0.309 e. The highest BCUT2D eigenvalue weighted by molar-refractivity contribution is 5.85. The maximum absolute atomic E-state index is 12.3. The van der Waals surface area contributed by atoms with E-state index in [0.717, 1.165) is 31.4 Å². The van der Waals surface area contributed by atoms with Gasteiger partial charge in [-0.05, 0) is 25.2 Å². The highest BCUT2D eigenvalue weighted by atomic mass is 16.1. The number of Topliss-reactive ketones (excluding diaryl/α,β-unsaturated/α-hetero) is 1. The summed E-state index contributed by atoms with van der Waals surface area (Å²) in [6.45, 7) is 8.45. The van der Waals surface area contributed by atoms with Gasteiger partial charge in [-0.15, -0.1) is 0 Å². The van der Waals surface area contributed by atoms with Crippen molar-refractivity contribution in [1.82, 2.24) is 0 Å². The Morgan fingerprint density at radius 2 is 1.04 bits per heavy atom. The first kappa shape index (κ1) is 27.3. The average molecular weight is 394 g/mol. The summed E-state index contributed by atoms with van der Waals surface area (Å²) < 4.78 is 0. The molecule has 0 aliphatic carbocycles. The van der Waals surface area contributed by atoms with E-state index in [9.17, 15) is 4.79 Å². The van der Waals surface area contributed by atoms with Gasteiger partial charge < -0.3 is 5.41 Å². The highest BCUT2D eigenvalue weighted by Gasteiger charge is 2.17. The number of hydrogen-bond donors (Lipinski definition) is 1. The summed E-state index contributed by atoms with van der Waals surface area (Å²) in [5, 5.41) is 7.89. The molecule has 28 heavy (non-hydrogen) atoms. The molecule has 2 atom stereocenters. The Balaban J connectivity index is 3.38. The molecule has 0 saturated carbocycles. The third kappa shape index (κ3) is 16.3. The first-order valence-corrected chi connectivity index (χ1v) is 12.6. The van der Waals surface area contributed by atoms with E-state index in [1.807, 2.05) is 13.8 Å². The van der Waals surface area contributed by atoms with E-state index >= 15 is 0 Å². The Bertz CT molecular complexity index is 377. The van der Waals surface area contributed by atoms with Crippen molar-refractivity contribution in [2.24, 2.45) is 11.8 Å². The van der Waals surface area contributed by atoms with Crippen LogP contribution in [-0.4, -0.2) is 11.5 Å². The molecule has 1 N–H and O–H groups in total. The van der Waals surface area contributed by atoms with Crippen LogP contribution in [0.3, 0.4) is 0 Å². The largest absolute Gasteiger partial charge is 0.309 e. The zero-order chi connectivity index (χ0) is 21.0. The molecular formula is C26H51NO. The molecule has 0 aromatic rings. The van der Waals surface area contributed by atoms with Gasteiger partial charge in [0.2, 0.25) is 0 Å². The smallest absolute Gasteiger partial charge is 0.135 e. The molecule has 0 amide bonds. The molecule has 0 radical (unpaired) electrons. The van der Waals surface area contributed by atoms with Crippen molar-refractivity contribution in [1.29, 1.82) is 5.41 Å². The topological polar surface area (TPSA) is 40.9 Å². The maximum atomic E-state index is 12.3. The fourth-order valence-corrected chi connectivity index (χ4v) is 4.07. The summed E-state index contributed by atoms with van der Waals surface area (Å²) in [7, 11) is 0. The van der Waals surface area contributed by atoms with Crippen molar-refractivity contribution in [3.8, 4) is 0 Å². The van der Waals surface area contributed by atoms with Gasteiger partial charge in [0, 0.05) is 18.1 Å². The van der Waals surface area contributed by atoms with Crippen LogP contribution >= 0.6 is 0 Å². The standard InChI is InChI=1S/C26H51NO/c1-5-7-8-9-10-11-12-13-14-15-16-17-18-19-20-21-26(28)24(4)22-23(3)25(27)6-2/h23-24,27H,5-22H2,1-4H3. The number of hydrogen-bond acceptors (Lipinski definition) is 2. The molecule has 0 fully saturated rings. The first-order chi connectivity index (χ1) is 13.5. The zero-order valence-corrected chi connectivity index (χ0v) is 19.8. The van der Waals surface area contributed by atoms with Crippen LogP contribution in [0.4, 0.5) is 0 Å². The van der Waals surface area contributed by atoms with Crippen LogP contribution in [0.5, 0.6) is 0 Å². The van der Waals surface area contributed by atoms with Crippen molar-refractivity contribution in [3.63, 3.8) is 0 Å². The molecular weight excluding hydrogens is 342 g/mol. The number of carbonyl (C=O) groups is 1. The summed E-state index contributed by atoms with van der Waals surface area (Å²) in [4.78, 5) is 12.3. The fourth-order valence-electron chi connectivity index (χ4n) is 4.07. The van der Waals surface area contributed by atoms with Gasteiger partial charge in [-0.25, -0.2) is 0 Å². The Hall–Kier alpha value is -0.660. The number of rotatable bonds is 21. The Kier molecular flexibility index (Phi) is 19.2. The van der Waals surface area contributed by atoms with Crippen molar-refractivity contribution in [2.75, 3.05) is 0 Å². The summed E-state index contributed by atoms with van der Waals surface area (Å²) in [6, 6.07) is 0. The Labute approximate surface area is 177 Å². The monoisotopic (exact) mass is 393 g/mol. The number of ketones is 1. The SMILES string of the molecule is CCCCCCCCCCCCCCCCCC(=O)C(C)CC(C)C(=N)CC. The van der Waals surface area contributed by atoms with E-state index in [0.29, 0.717) is 5.78 Å². The molecule has 0 heterocycles. The second-order valence-electron chi connectivity index (χ2n) is 9.08. The lowest BCUT2D eigenvalue weighted by atomic mass is 9.88. The minimum absolute atomic E-state index is 0.119. The van der Waals surface area contributed by atoms with Gasteiger partial charge in [-0.3, -0.25) is 4.79 Å². The predicted octanol–water partition coefficient (Wildman–Crippen LogP) is 8.91. The first-order valence-electron chi connectivity index (χ1n) is 12.6. The molecule has 0 rings (SSSR count). The molecule has 0 aliphatic heterocycles. The molecule has 0 aromatic heterocycles. The lowest BCUT2D eigenvalue weighted by molar-refractivity contribution is -0.122. The van der Waals surface area contributed by atoms with E-state index in [4.69, 9.17) is 5.41 Å². The van der Waals surface area contributed by atoms with Gasteiger partial charge in [0.05, 0.1) is 0 Å². The number of carbonyl (C=O) groups excluding carboxylic acids is 1. The lowest BCUT2D eigenvalue weighted by Gasteiger charge is -2.16. The van der Waals surface area contributed by atoms with Crippen LogP contribution in [0.25, 0.3) is 0 Å². The van der Waals surface area contributed by atoms with Gasteiger partial charge >= 0.3 is 0 Å².